The standard InChI is InChI=1S/C6H5NO2.HO3P/c8-7(9)6-4-2-1-3-5-6;1-4(2)3/h1-5H;(H-,1,2,3)/p+1. The lowest BCUT2D eigenvalue weighted by molar-refractivity contribution is -0.384. The molecule has 13 heavy (non-hydrogen) atoms. The lowest BCUT2D eigenvalue weighted by Gasteiger charge is -1.85. The van der Waals surface area contributed by atoms with Crippen LogP contribution in [0.5, 0.6) is 0 Å². The minimum absolute atomic E-state index is 0.137. The molecule has 0 unspecified atom stereocenters. The van der Waals surface area contributed by atoms with E-state index in [2.05, 4.69) is 0 Å². The van der Waals surface area contributed by atoms with Crippen molar-refractivity contribution >= 4 is 13.9 Å². The zero-order chi connectivity index (χ0) is 10.3. The average molecular weight is 204 g/mol. The van der Waals surface area contributed by atoms with Crippen LogP contribution in [0.3, 0.4) is 0 Å². The first-order chi connectivity index (χ1) is 6.04. The van der Waals surface area contributed by atoms with Crippen molar-refractivity contribution in [1.82, 2.24) is 0 Å². The van der Waals surface area contributed by atoms with E-state index in [4.69, 9.17) is 14.4 Å². The summed E-state index contributed by atoms with van der Waals surface area (Å²) in [6, 6.07) is 7.93. The predicted octanol–water partition coefficient (Wildman–Crippen LogP) is 1.22. The molecule has 0 heterocycles. The van der Waals surface area contributed by atoms with Gasteiger partial charge in [-0.25, -0.2) is 0 Å². The highest BCUT2D eigenvalue weighted by atomic mass is 31.1. The quantitative estimate of drug-likeness (QED) is 0.407. The van der Waals surface area contributed by atoms with Gasteiger partial charge < -0.3 is 0 Å². The molecule has 1 aromatic carbocycles. The van der Waals surface area contributed by atoms with Crippen molar-refractivity contribution in [3.8, 4) is 0 Å². The maximum absolute atomic E-state index is 10.0. The Morgan fingerprint density at radius 2 is 1.62 bits per heavy atom. The molecule has 0 aliphatic heterocycles. The van der Waals surface area contributed by atoms with E-state index in [0.29, 0.717) is 0 Å². The van der Waals surface area contributed by atoms with Crippen molar-refractivity contribution in [1.29, 1.82) is 0 Å². The van der Waals surface area contributed by atoms with E-state index in [1.165, 1.54) is 12.1 Å². The van der Waals surface area contributed by atoms with Crippen molar-refractivity contribution in [3.05, 3.63) is 40.4 Å². The summed E-state index contributed by atoms with van der Waals surface area (Å²) in [6.07, 6.45) is 0. The molecule has 1 aromatic rings. The third kappa shape index (κ3) is 7.02. The summed E-state index contributed by atoms with van der Waals surface area (Å²) in [6.45, 7) is 0. The fourth-order valence-electron chi connectivity index (χ4n) is 0.550. The fourth-order valence-corrected chi connectivity index (χ4v) is 0.550. The second kappa shape index (κ2) is 6.19. The van der Waals surface area contributed by atoms with E-state index in [0.717, 1.165) is 0 Å². The van der Waals surface area contributed by atoms with Gasteiger partial charge in [0.1, 0.15) is 0 Å². The third-order valence-electron chi connectivity index (χ3n) is 0.967. The van der Waals surface area contributed by atoms with Gasteiger partial charge in [0, 0.05) is 16.7 Å². The molecule has 0 spiro atoms. The fraction of sp³-hybridized carbons (Fsp3) is 0. The highest BCUT2D eigenvalue weighted by molar-refractivity contribution is 7.30. The lowest BCUT2D eigenvalue weighted by atomic mass is 10.3. The maximum Gasteiger partial charge on any atom is 0.692 e. The summed E-state index contributed by atoms with van der Waals surface area (Å²) >= 11 is 0. The molecule has 0 saturated carbocycles. The highest BCUT2D eigenvalue weighted by Gasteiger charge is 1.98. The van der Waals surface area contributed by atoms with E-state index < -0.39 is 13.2 Å². The summed E-state index contributed by atoms with van der Waals surface area (Å²) in [5, 5.41) is 10.0. The minimum Gasteiger partial charge on any atom is -0.258 e. The van der Waals surface area contributed by atoms with Crippen LogP contribution in [0.1, 0.15) is 0 Å². The molecule has 0 saturated heterocycles. The molecule has 1 rings (SSSR count). The van der Waals surface area contributed by atoms with Crippen molar-refractivity contribution in [2.75, 3.05) is 0 Å². The van der Waals surface area contributed by atoms with Crippen LogP contribution in [0, 0.1) is 10.1 Å². The number of para-hydroxylation sites is 1. The Balaban J connectivity index is 0.000000310. The van der Waals surface area contributed by atoms with Gasteiger partial charge in [-0.15, -0.1) is 9.79 Å². The maximum atomic E-state index is 10.0. The summed E-state index contributed by atoms with van der Waals surface area (Å²) in [5.74, 6) is 0. The number of nitro groups is 1. The van der Waals surface area contributed by atoms with Gasteiger partial charge in [-0.3, -0.25) is 10.1 Å². The van der Waals surface area contributed by atoms with Crippen LogP contribution >= 0.6 is 8.25 Å². The number of hydrogen-bond acceptors (Lipinski definition) is 3. The molecule has 7 heteroatoms. The Kier molecular flexibility index (Phi) is 5.54. The van der Waals surface area contributed by atoms with E-state index in [1.807, 2.05) is 0 Å². The SMILES string of the molecule is O=[N+]([O-])c1ccccc1.O=[P+](O)O. The van der Waals surface area contributed by atoms with Gasteiger partial charge in [0.05, 0.1) is 4.92 Å². The van der Waals surface area contributed by atoms with E-state index in [9.17, 15) is 10.1 Å². The van der Waals surface area contributed by atoms with E-state index >= 15 is 0 Å². The first-order valence-electron chi connectivity index (χ1n) is 3.08. The molecular formula is C6H7NO5P+. The molecule has 0 aliphatic carbocycles. The van der Waals surface area contributed by atoms with Crippen LogP contribution in [0.25, 0.3) is 0 Å². The molecular weight excluding hydrogens is 197 g/mol. The molecule has 0 amide bonds. The Bertz CT molecular complexity index is 284. The second-order valence-electron chi connectivity index (χ2n) is 1.85. The van der Waals surface area contributed by atoms with Crippen LogP contribution in [0.4, 0.5) is 5.69 Å². The first kappa shape index (κ1) is 11.6. The van der Waals surface area contributed by atoms with E-state index in [-0.39, 0.29) is 5.69 Å². The minimum atomic E-state index is -2.87. The Morgan fingerprint density at radius 3 is 1.85 bits per heavy atom. The molecule has 6 nitrogen and oxygen atoms in total. The first-order valence-corrected chi connectivity index (χ1v) is 4.25. The zero-order valence-electron chi connectivity index (χ0n) is 6.40. The Hall–Kier alpha value is -1.36. The number of nitro benzene ring substituents is 1. The molecule has 0 aromatic heterocycles. The third-order valence-corrected chi connectivity index (χ3v) is 0.967. The smallest absolute Gasteiger partial charge is 0.258 e. The van der Waals surface area contributed by atoms with Crippen molar-refractivity contribution in [2.45, 2.75) is 0 Å². The van der Waals surface area contributed by atoms with E-state index in [1.54, 1.807) is 18.2 Å². The van der Waals surface area contributed by atoms with Gasteiger partial charge in [0.25, 0.3) is 5.69 Å². The number of rotatable bonds is 1. The van der Waals surface area contributed by atoms with Crippen LogP contribution in [0.2, 0.25) is 0 Å². The number of non-ortho nitro benzene ring substituents is 1. The summed E-state index contributed by atoms with van der Waals surface area (Å²) < 4.78 is 8.70. The number of benzene rings is 1. The van der Waals surface area contributed by atoms with Gasteiger partial charge in [-0.2, -0.15) is 0 Å². The van der Waals surface area contributed by atoms with Crippen LogP contribution in [0.15, 0.2) is 30.3 Å². The zero-order valence-corrected chi connectivity index (χ0v) is 7.29. The average Bonchev–Trinajstić information content (AvgIpc) is 2.05. The highest BCUT2D eigenvalue weighted by Crippen LogP contribution is 2.06. The molecule has 0 aliphatic rings. The van der Waals surface area contributed by atoms with Crippen molar-refractivity contribution in [3.63, 3.8) is 0 Å². The molecule has 0 bridgehead atoms. The van der Waals surface area contributed by atoms with Gasteiger partial charge in [-0.05, 0) is 0 Å². The molecule has 70 valence electrons. The van der Waals surface area contributed by atoms with Gasteiger partial charge >= 0.3 is 8.25 Å². The summed E-state index contributed by atoms with van der Waals surface area (Å²) in [5.41, 5.74) is 0.137. The van der Waals surface area contributed by atoms with Crippen LogP contribution in [-0.2, 0) is 4.57 Å². The normalized spacial score (nSPS) is 8.15. The molecule has 0 radical (unpaired) electrons. The van der Waals surface area contributed by atoms with Crippen LogP contribution < -0.4 is 0 Å². The molecule has 2 N–H and O–H groups in total. The van der Waals surface area contributed by atoms with Gasteiger partial charge in [0.15, 0.2) is 0 Å². The summed E-state index contributed by atoms with van der Waals surface area (Å²) in [7, 11) is -2.87. The number of hydrogen-bond donors (Lipinski definition) is 2. The van der Waals surface area contributed by atoms with Crippen LogP contribution in [-0.4, -0.2) is 14.7 Å². The second-order valence-corrected chi connectivity index (χ2v) is 2.35. The largest absolute Gasteiger partial charge is 0.692 e. The molecule has 0 atom stereocenters. The Morgan fingerprint density at radius 1 is 1.23 bits per heavy atom. The Labute approximate surface area is 74.6 Å². The lowest BCUT2D eigenvalue weighted by Crippen LogP contribution is -1.84. The van der Waals surface area contributed by atoms with Crippen molar-refractivity contribution < 1.29 is 19.3 Å². The van der Waals surface area contributed by atoms with Gasteiger partial charge in [-0.1, -0.05) is 18.2 Å². The topological polar surface area (TPSA) is 101 Å². The molecule has 0 fully saturated rings. The summed E-state index contributed by atoms with van der Waals surface area (Å²) in [4.78, 5) is 23.8. The van der Waals surface area contributed by atoms with Crippen molar-refractivity contribution in [2.24, 2.45) is 0 Å². The predicted molar refractivity (Wildman–Crippen MR) is 45.1 cm³/mol. The van der Waals surface area contributed by atoms with Gasteiger partial charge in [0.2, 0.25) is 0 Å². The monoisotopic (exact) mass is 204 g/mol. The number of nitrogens with zero attached hydrogens (tertiary/aromatic N) is 1.